The Balaban J connectivity index is 0.000000215. The molecular weight excluding hydrogens is 480 g/mol. The quantitative estimate of drug-likeness (QED) is 0.225. The van der Waals surface area contributed by atoms with Crippen LogP contribution < -0.4 is 10.6 Å². The number of carbonyl (C=O) groups excluding carboxylic acids is 2. The zero-order chi connectivity index (χ0) is 27.3. The van der Waals surface area contributed by atoms with E-state index < -0.39 is 11.9 Å². The van der Waals surface area contributed by atoms with Crippen LogP contribution in [0.4, 0.5) is 0 Å². The van der Waals surface area contributed by atoms with Gasteiger partial charge in [-0.05, 0) is 68.7 Å². The number of ether oxygens (including phenoxy) is 1. The highest BCUT2D eigenvalue weighted by molar-refractivity contribution is 5.92. The number of hydrogen-bond acceptors (Lipinski definition) is 7. The fourth-order valence-corrected chi connectivity index (χ4v) is 3.97. The molecule has 2 aliphatic rings. The van der Waals surface area contributed by atoms with E-state index in [9.17, 15) is 9.59 Å². The molecule has 0 radical (unpaired) electrons. The lowest BCUT2D eigenvalue weighted by atomic mass is 9.88. The molecule has 0 bridgehead atoms. The zero-order valence-electron chi connectivity index (χ0n) is 22.2. The Kier molecular flexibility index (Phi) is 10.6. The molecular formula is C29H34N6O3. The second kappa shape index (κ2) is 14.4. The first kappa shape index (κ1) is 28.2. The Bertz CT molecular complexity index is 1290. The van der Waals surface area contributed by atoms with Gasteiger partial charge < -0.3 is 9.64 Å². The molecule has 1 aliphatic carbocycles. The molecule has 0 saturated heterocycles. The molecule has 9 heteroatoms. The summed E-state index contributed by atoms with van der Waals surface area (Å²) in [7, 11) is 5.48. The van der Waals surface area contributed by atoms with E-state index in [0.29, 0.717) is 12.0 Å². The molecule has 1 fully saturated rings. The third kappa shape index (κ3) is 7.54. The number of aromatic nitrogens is 3. The monoisotopic (exact) mass is 514 g/mol. The summed E-state index contributed by atoms with van der Waals surface area (Å²) in [4.78, 5) is 28.2. The van der Waals surface area contributed by atoms with Gasteiger partial charge >= 0.3 is 0 Å². The van der Waals surface area contributed by atoms with Crippen LogP contribution in [0.25, 0.3) is 11.3 Å². The third-order valence-corrected chi connectivity index (χ3v) is 6.06. The van der Waals surface area contributed by atoms with Gasteiger partial charge in [-0.1, -0.05) is 24.0 Å². The van der Waals surface area contributed by atoms with Crippen molar-refractivity contribution in [2.75, 3.05) is 27.7 Å². The molecule has 1 aliphatic heterocycles. The number of aromatic amines is 1. The number of allylic oxidation sites excluding steroid dienone is 4. The van der Waals surface area contributed by atoms with Crippen LogP contribution in [0.1, 0.15) is 31.7 Å². The Morgan fingerprint density at radius 2 is 2.13 bits per heavy atom. The van der Waals surface area contributed by atoms with Gasteiger partial charge in [0.1, 0.15) is 11.8 Å². The molecule has 198 valence electrons. The number of pyridine rings is 1. The first-order valence-corrected chi connectivity index (χ1v) is 12.4. The van der Waals surface area contributed by atoms with Crippen molar-refractivity contribution < 1.29 is 14.3 Å². The van der Waals surface area contributed by atoms with Crippen molar-refractivity contribution >= 4 is 12.3 Å². The number of carbonyl (C=O) groups is 2. The number of methoxy groups -OCH3 is 1. The molecule has 3 N–H and O–H groups in total. The molecule has 4 rings (SSSR count). The number of nitrogens with zero attached hydrogens (tertiary/aromatic N) is 3. The summed E-state index contributed by atoms with van der Waals surface area (Å²) in [6.45, 7) is 3.02. The summed E-state index contributed by atoms with van der Waals surface area (Å²) >= 11 is 0. The summed E-state index contributed by atoms with van der Waals surface area (Å²) in [5.74, 6) is 6.02. The molecule has 2 amide bonds. The molecule has 0 spiro atoms. The van der Waals surface area contributed by atoms with E-state index in [1.165, 1.54) is 30.5 Å². The third-order valence-electron chi connectivity index (χ3n) is 6.06. The Hall–Kier alpha value is -4.42. The minimum Gasteiger partial charge on any atom is -0.497 e. The lowest BCUT2D eigenvalue weighted by molar-refractivity contribution is -0.125. The molecule has 1 unspecified atom stereocenters. The van der Waals surface area contributed by atoms with E-state index in [2.05, 4.69) is 61.8 Å². The molecule has 38 heavy (non-hydrogen) atoms. The topological polar surface area (TPSA) is 112 Å². The first-order valence-electron chi connectivity index (χ1n) is 12.4. The largest absolute Gasteiger partial charge is 0.497 e. The number of amides is 2. The molecule has 3 heterocycles. The Morgan fingerprint density at radius 1 is 1.32 bits per heavy atom. The average molecular weight is 515 g/mol. The lowest BCUT2D eigenvalue weighted by Crippen LogP contribution is -2.41. The van der Waals surface area contributed by atoms with Gasteiger partial charge in [0.05, 0.1) is 12.8 Å². The van der Waals surface area contributed by atoms with Crippen LogP contribution in [-0.2, 0) is 14.3 Å². The van der Waals surface area contributed by atoms with E-state index in [1.54, 1.807) is 38.3 Å². The summed E-state index contributed by atoms with van der Waals surface area (Å²) in [5.41, 5.74) is 6.67. The highest BCUT2D eigenvalue weighted by atomic mass is 16.5. The number of nitrogens with one attached hydrogen (secondary N) is 3. The average Bonchev–Trinajstić information content (AvgIpc) is 3.55. The second-order valence-corrected chi connectivity index (χ2v) is 8.65. The molecule has 0 aromatic carbocycles. The number of likely N-dealkylation sites (N-methyl/N-ethyl adjacent to an activating group) is 2. The highest BCUT2D eigenvalue weighted by Gasteiger charge is 2.23. The van der Waals surface area contributed by atoms with Gasteiger partial charge in [0.15, 0.2) is 0 Å². The van der Waals surface area contributed by atoms with Crippen molar-refractivity contribution in [3.05, 3.63) is 83.2 Å². The van der Waals surface area contributed by atoms with Gasteiger partial charge in [0.2, 0.25) is 6.41 Å². The SMILES string of the molecule is C/C=C\C(=C/C1=CCN(C)C1=C1CCC1)OC.CNC(C#Cc1cncc(-c2ccn[nH]2)c1)C(=O)NC=O. The van der Waals surface area contributed by atoms with E-state index in [1.807, 2.05) is 31.2 Å². The van der Waals surface area contributed by atoms with Crippen molar-refractivity contribution in [2.24, 2.45) is 0 Å². The van der Waals surface area contributed by atoms with Gasteiger partial charge in [-0.15, -0.1) is 0 Å². The van der Waals surface area contributed by atoms with Crippen LogP contribution in [0.15, 0.2) is 77.6 Å². The number of rotatable bonds is 7. The second-order valence-electron chi connectivity index (χ2n) is 8.65. The molecule has 2 aromatic heterocycles. The van der Waals surface area contributed by atoms with E-state index in [-0.39, 0.29) is 0 Å². The van der Waals surface area contributed by atoms with Crippen molar-refractivity contribution in [3.63, 3.8) is 0 Å². The van der Waals surface area contributed by atoms with Crippen LogP contribution in [0.2, 0.25) is 0 Å². The summed E-state index contributed by atoms with van der Waals surface area (Å²) in [6, 6.07) is 2.88. The van der Waals surface area contributed by atoms with E-state index >= 15 is 0 Å². The number of imide groups is 1. The van der Waals surface area contributed by atoms with Crippen LogP contribution in [0.5, 0.6) is 0 Å². The Morgan fingerprint density at radius 3 is 2.74 bits per heavy atom. The van der Waals surface area contributed by atoms with E-state index in [4.69, 9.17) is 4.74 Å². The fraction of sp³-hybridized carbons (Fsp3) is 0.310. The highest BCUT2D eigenvalue weighted by Crippen LogP contribution is 2.36. The minimum absolute atomic E-state index is 0.328. The van der Waals surface area contributed by atoms with Gasteiger partial charge in [-0.3, -0.25) is 30.3 Å². The van der Waals surface area contributed by atoms with Crippen LogP contribution >= 0.6 is 0 Å². The molecule has 9 nitrogen and oxygen atoms in total. The Labute approximate surface area is 223 Å². The number of hydrogen-bond donors (Lipinski definition) is 3. The normalized spacial score (nSPS) is 15.5. The van der Waals surface area contributed by atoms with Crippen molar-refractivity contribution in [2.45, 2.75) is 32.2 Å². The summed E-state index contributed by atoms with van der Waals surface area (Å²) < 4.78 is 5.36. The maximum atomic E-state index is 11.5. The van der Waals surface area contributed by atoms with Crippen LogP contribution in [0, 0.1) is 11.8 Å². The van der Waals surface area contributed by atoms with Crippen molar-refractivity contribution in [3.8, 4) is 23.1 Å². The molecule has 2 aromatic rings. The molecule has 1 atom stereocenters. The fourth-order valence-electron chi connectivity index (χ4n) is 3.97. The van der Waals surface area contributed by atoms with Gasteiger partial charge in [-0.25, -0.2) is 0 Å². The summed E-state index contributed by atoms with van der Waals surface area (Å²) in [5, 5.41) is 11.5. The lowest BCUT2D eigenvalue weighted by Gasteiger charge is -2.25. The van der Waals surface area contributed by atoms with Crippen molar-refractivity contribution in [1.29, 1.82) is 0 Å². The first-order chi connectivity index (χ1) is 18.5. The van der Waals surface area contributed by atoms with Gasteiger partial charge in [0, 0.05) is 49.0 Å². The predicted molar refractivity (Wildman–Crippen MR) is 147 cm³/mol. The van der Waals surface area contributed by atoms with Gasteiger partial charge in [0.25, 0.3) is 5.91 Å². The van der Waals surface area contributed by atoms with Crippen LogP contribution in [-0.4, -0.2) is 66.2 Å². The molecule has 1 saturated carbocycles. The maximum Gasteiger partial charge on any atom is 0.255 e. The van der Waals surface area contributed by atoms with Crippen molar-refractivity contribution in [1.82, 2.24) is 30.7 Å². The maximum absolute atomic E-state index is 11.5. The smallest absolute Gasteiger partial charge is 0.255 e. The number of H-pyrrole nitrogens is 1. The standard InChI is InChI=1S/C15H21NO.C14H13N5O2/c1-4-6-14(17-3)11-13-9-10-16(2)15(13)12-7-5-8-12;1-15-13(14(21)17-9-20)3-2-10-6-11(8-16-7-10)12-4-5-18-19-12/h4,6,9,11H,5,7-8,10H2,1-3H3;4-9,13,15H,1H3,(H,18,19)(H,17,20,21)/b6-4-,14-11+;. The van der Waals surface area contributed by atoms with Crippen LogP contribution in [0.3, 0.4) is 0 Å². The summed E-state index contributed by atoms with van der Waals surface area (Å²) in [6.07, 6.45) is 17.6. The zero-order valence-corrected chi connectivity index (χ0v) is 22.2. The minimum atomic E-state index is -0.772. The van der Waals surface area contributed by atoms with Gasteiger partial charge in [-0.2, -0.15) is 5.10 Å². The van der Waals surface area contributed by atoms with E-state index in [0.717, 1.165) is 23.6 Å². The predicted octanol–water partition coefficient (Wildman–Crippen LogP) is 3.09.